The van der Waals surface area contributed by atoms with Crippen LogP contribution in [-0.2, 0) is 6.54 Å². The molecule has 0 saturated heterocycles. The number of anilines is 2. The average molecular weight is 381 g/mol. The molecule has 3 aromatic carbocycles. The van der Waals surface area contributed by atoms with Crippen molar-refractivity contribution in [3.8, 4) is 0 Å². The van der Waals surface area contributed by atoms with Crippen LogP contribution in [0.5, 0.6) is 0 Å². The molecule has 3 aromatic rings. The molecule has 1 heterocycles. The number of halogens is 1. The molecule has 0 radical (unpaired) electrons. The zero-order chi connectivity index (χ0) is 18.1. The van der Waals surface area contributed by atoms with Gasteiger partial charge in [0.05, 0.1) is 11.4 Å². The standard InChI is InChI=1S/C21H17ClN2OS/c1-23(14-15-10-12-16(22)13-11-15)21(25)24-17-6-2-4-8-19(17)26-20-9-5-3-7-18(20)24/h2-13H,14H2,1H3. The number of hydrogen-bond acceptors (Lipinski definition) is 2. The first kappa shape index (κ1) is 17.0. The Balaban J connectivity index is 1.68. The van der Waals surface area contributed by atoms with E-state index in [1.807, 2.05) is 67.7 Å². The van der Waals surface area contributed by atoms with Crippen molar-refractivity contribution in [2.75, 3.05) is 11.9 Å². The maximum atomic E-state index is 13.3. The fourth-order valence-electron chi connectivity index (χ4n) is 3.01. The molecule has 0 atom stereocenters. The van der Waals surface area contributed by atoms with Crippen LogP contribution >= 0.6 is 23.4 Å². The largest absolute Gasteiger partial charge is 0.329 e. The first-order chi connectivity index (χ1) is 12.6. The summed E-state index contributed by atoms with van der Waals surface area (Å²) in [6, 6.07) is 23.5. The highest BCUT2D eigenvalue weighted by Gasteiger charge is 2.29. The molecule has 3 nitrogen and oxygen atoms in total. The molecule has 0 bridgehead atoms. The molecule has 130 valence electrons. The normalized spacial score (nSPS) is 12.3. The number of carbonyl (C=O) groups excluding carboxylic acids is 1. The molecule has 1 aliphatic rings. The van der Waals surface area contributed by atoms with Gasteiger partial charge in [-0.25, -0.2) is 4.79 Å². The van der Waals surface area contributed by atoms with Crippen molar-refractivity contribution in [2.24, 2.45) is 0 Å². The Morgan fingerprint density at radius 3 is 2.04 bits per heavy atom. The predicted octanol–water partition coefficient (Wildman–Crippen LogP) is 6.19. The zero-order valence-corrected chi connectivity index (χ0v) is 15.8. The second-order valence-corrected chi connectivity index (χ2v) is 7.66. The second kappa shape index (κ2) is 7.06. The molecule has 4 rings (SSSR count). The highest BCUT2D eigenvalue weighted by molar-refractivity contribution is 7.99. The molecule has 0 spiro atoms. The van der Waals surface area contributed by atoms with Gasteiger partial charge in [0.15, 0.2) is 0 Å². The zero-order valence-electron chi connectivity index (χ0n) is 14.2. The Hall–Kier alpha value is -2.43. The van der Waals surface area contributed by atoms with Gasteiger partial charge in [-0.05, 0) is 42.0 Å². The minimum absolute atomic E-state index is 0.0554. The van der Waals surface area contributed by atoms with Crippen LogP contribution in [0.3, 0.4) is 0 Å². The molecule has 0 saturated carbocycles. The van der Waals surface area contributed by atoms with Gasteiger partial charge in [0.2, 0.25) is 0 Å². The SMILES string of the molecule is CN(Cc1ccc(Cl)cc1)C(=O)N1c2ccccc2Sc2ccccc21. The summed E-state index contributed by atoms with van der Waals surface area (Å²) in [5.41, 5.74) is 2.88. The number of hydrogen-bond donors (Lipinski definition) is 0. The lowest BCUT2D eigenvalue weighted by Gasteiger charge is -2.33. The summed E-state index contributed by atoms with van der Waals surface area (Å²) in [5, 5.41) is 0.693. The van der Waals surface area contributed by atoms with Gasteiger partial charge in [-0.15, -0.1) is 0 Å². The Bertz CT molecular complexity index is 913. The van der Waals surface area contributed by atoms with E-state index in [0.29, 0.717) is 11.6 Å². The number of amides is 2. The third-order valence-corrected chi connectivity index (χ3v) is 5.67. The number of rotatable bonds is 2. The van der Waals surface area contributed by atoms with Gasteiger partial charge in [0.1, 0.15) is 0 Å². The number of nitrogens with zero attached hydrogens (tertiary/aromatic N) is 2. The van der Waals surface area contributed by atoms with Gasteiger partial charge in [0.25, 0.3) is 0 Å². The summed E-state index contributed by atoms with van der Waals surface area (Å²) < 4.78 is 0. The predicted molar refractivity (Wildman–Crippen MR) is 107 cm³/mol. The van der Waals surface area contributed by atoms with E-state index < -0.39 is 0 Å². The summed E-state index contributed by atoms with van der Waals surface area (Å²) in [6.45, 7) is 0.518. The van der Waals surface area contributed by atoms with Crippen molar-refractivity contribution in [3.05, 3.63) is 83.4 Å². The van der Waals surface area contributed by atoms with Crippen molar-refractivity contribution < 1.29 is 4.79 Å². The molecule has 0 aliphatic carbocycles. The van der Waals surface area contributed by atoms with Gasteiger partial charge in [-0.3, -0.25) is 4.90 Å². The van der Waals surface area contributed by atoms with Gasteiger partial charge < -0.3 is 4.90 Å². The van der Waals surface area contributed by atoms with Crippen LogP contribution in [0.15, 0.2) is 82.6 Å². The number of benzene rings is 3. The van der Waals surface area contributed by atoms with E-state index in [2.05, 4.69) is 12.1 Å². The first-order valence-electron chi connectivity index (χ1n) is 8.29. The van der Waals surface area contributed by atoms with Crippen molar-refractivity contribution in [1.82, 2.24) is 4.90 Å². The highest BCUT2D eigenvalue weighted by Crippen LogP contribution is 2.48. The van der Waals surface area contributed by atoms with Crippen molar-refractivity contribution in [2.45, 2.75) is 16.3 Å². The minimum Gasteiger partial charge on any atom is -0.323 e. The molecule has 0 N–H and O–H groups in total. The number of para-hydroxylation sites is 2. The Morgan fingerprint density at radius 2 is 1.46 bits per heavy atom. The van der Waals surface area contributed by atoms with Crippen LogP contribution in [-0.4, -0.2) is 18.0 Å². The highest BCUT2D eigenvalue weighted by atomic mass is 35.5. The lowest BCUT2D eigenvalue weighted by molar-refractivity contribution is 0.216. The van der Waals surface area contributed by atoms with E-state index >= 15 is 0 Å². The minimum atomic E-state index is -0.0554. The van der Waals surface area contributed by atoms with Gasteiger partial charge >= 0.3 is 6.03 Å². The maximum Gasteiger partial charge on any atom is 0.329 e. The second-order valence-electron chi connectivity index (χ2n) is 6.14. The lowest BCUT2D eigenvalue weighted by Crippen LogP contribution is -2.39. The van der Waals surface area contributed by atoms with E-state index in [0.717, 1.165) is 26.7 Å². The molecule has 5 heteroatoms. The lowest BCUT2D eigenvalue weighted by atomic mass is 10.2. The van der Waals surface area contributed by atoms with Crippen LogP contribution in [0, 0.1) is 0 Å². The third kappa shape index (κ3) is 3.18. The Morgan fingerprint density at radius 1 is 0.923 bits per heavy atom. The van der Waals surface area contributed by atoms with Crippen LogP contribution in [0.1, 0.15) is 5.56 Å². The topological polar surface area (TPSA) is 23.6 Å². The monoisotopic (exact) mass is 380 g/mol. The molecule has 2 amide bonds. The fraction of sp³-hybridized carbons (Fsp3) is 0.0952. The fourth-order valence-corrected chi connectivity index (χ4v) is 4.20. The maximum absolute atomic E-state index is 13.3. The molecule has 26 heavy (non-hydrogen) atoms. The van der Waals surface area contributed by atoms with Gasteiger partial charge in [0, 0.05) is 28.4 Å². The molecular formula is C21H17ClN2OS. The van der Waals surface area contributed by atoms with E-state index in [9.17, 15) is 4.79 Å². The summed E-state index contributed by atoms with van der Waals surface area (Å²) in [7, 11) is 1.82. The van der Waals surface area contributed by atoms with Crippen LogP contribution in [0.4, 0.5) is 16.2 Å². The summed E-state index contributed by atoms with van der Waals surface area (Å²) in [4.78, 5) is 19.0. The smallest absolute Gasteiger partial charge is 0.323 e. The molecule has 0 fully saturated rings. The first-order valence-corrected chi connectivity index (χ1v) is 9.48. The van der Waals surface area contributed by atoms with E-state index in [1.54, 1.807) is 21.6 Å². The van der Waals surface area contributed by atoms with Crippen LogP contribution in [0.2, 0.25) is 5.02 Å². The summed E-state index contributed by atoms with van der Waals surface area (Å²) in [6.07, 6.45) is 0. The van der Waals surface area contributed by atoms with Crippen LogP contribution < -0.4 is 4.90 Å². The molecule has 1 aliphatic heterocycles. The number of carbonyl (C=O) groups is 1. The third-order valence-electron chi connectivity index (χ3n) is 4.28. The Labute approximate surface area is 162 Å². The van der Waals surface area contributed by atoms with Gasteiger partial charge in [-0.2, -0.15) is 0 Å². The Kier molecular flexibility index (Phi) is 4.62. The van der Waals surface area contributed by atoms with Crippen LogP contribution in [0.25, 0.3) is 0 Å². The number of fused-ring (bicyclic) bond motifs is 2. The number of urea groups is 1. The van der Waals surface area contributed by atoms with Crippen molar-refractivity contribution in [1.29, 1.82) is 0 Å². The summed E-state index contributed by atoms with van der Waals surface area (Å²) >= 11 is 7.65. The molecule has 0 aromatic heterocycles. The van der Waals surface area contributed by atoms with E-state index in [-0.39, 0.29) is 6.03 Å². The molecule has 0 unspecified atom stereocenters. The quantitative estimate of drug-likeness (QED) is 0.528. The van der Waals surface area contributed by atoms with E-state index in [1.165, 1.54) is 0 Å². The van der Waals surface area contributed by atoms with E-state index in [4.69, 9.17) is 11.6 Å². The average Bonchev–Trinajstić information content (AvgIpc) is 2.67. The summed E-state index contributed by atoms with van der Waals surface area (Å²) in [5.74, 6) is 0. The molecular weight excluding hydrogens is 364 g/mol. The van der Waals surface area contributed by atoms with Crippen molar-refractivity contribution >= 4 is 40.8 Å². The van der Waals surface area contributed by atoms with Gasteiger partial charge in [-0.1, -0.05) is 59.8 Å². The van der Waals surface area contributed by atoms with Crippen molar-refractivity contribution in [3.63, 3.8) is 0 Å².